The lowest BCUT2D eigenvalue weighted by Crippen LogP contribution is -2.47. The number of carbonyl (C=O) groups excluding carboxylic acids is 1. The van der Waals surface area contributed by atoms with Crippen LogP contribution < -0.4 is 10.6 Å². The first kappa shape index (κ1) is 24.7. The fourth-order valence-corrected chi connectivity index (χ4v) is 4.36. The van der Waals surface area contributed by atoms with Gasteiger partial charge in [-0.25, -0.2) is 9.78 Å². The van der Waals surface area contributed by atoms with Crippen LogP contribution in [0.5, 0.6) is 0 Å². The highest BCUT2D eigenvalue weighted by Crippen LogP contribution is 2.26. The van der Waals surface area contributed by atoms with Crippen LogP contribution in [-0.2, 0) is 4.74 Å². The van der Waals surface area contributed by atoms with E-state index in [-0.39, 0.29) is 6.09 Å². The van der Waals surface area contributed by atoms with E-state index in [9.17, 15) is 10.1 Å². The van der Waals surface area contributed by atoms with Crippen molar-refractivity contribution in [3.05, 3.63) is 23.7 Å². The second kappa shape index (κ2) is 10.5. The van der Waals surface area contributed by atoms with Crippen molar-refractivity contribution in [3.63, 3.8) is 0 Å². The van der Waals surface area contributed by atoms with Crippen molar-refractivity contribution < 1.29 is 9.53 Å². The molecular weight excluding hydrogens is 446 g/mol. The Kier molecular flexibility index (Phi) is 7.40. The lowest BCUT2D eigenvalue weighted by molar-refractivity contribution is -0.0253. The van der Waals surface area contributed by atoms with Gasteiger partial charge in [0, 0.05) is 32.3 Å². The SMILES string of the molecule is Cc1nn(C2CCN(C)CC2)cc1Nc1ncc(C#N)c(NCCCN2CCC(C)(C)OC2=O)n1. The minimum Gasteiger partial charge on any atom is -0.443 e. The molecule has 11 nitrogen and oxygen atoms in total. The van der Waals surface area contributed by atoms with Gasteiger partial charge in [-0.3, -0.25) is 4.68 Å². The number of nitrogens with zero attached hydrogens (tertiary/aromatic N) is 7. The minimum atomic E-state index is -0.403. The van der Waals surface area contributed by atoms with Gasteiger partial charge in [-0.15, -0.1) is 0 Å². The van der Waals surface area contributed by atoms with E-state index in [1.165, 1.54) is 6.20 Å². The minimum absolute atomic E-state index is 0.274. The molecule has 188 valence electrons. The predicted octanol–water partition coefficient (Wildman–Crippen LogP) is 3.29. The summed E-state index contributed by atoms with van der Waals surface area (Å²) in [5.41, 5.74) is 1.70. The molecule has 4 heterocycles. The van der Waals surface area contributed by atoms with Crippen molar-refractivity contribution in [3.8, 4) is 6.07 Å². The van der Waals surface area contributed by atoms with E-state index >= 15 is 0 Å². The van der Waals surface area contributed by atoms with Gasteiger partial charge in [0.15, 0.2) is 0 Å². The average Bonchev–Trinajstić information content (AvgIpc) is 3.18. The van der Waals surface area contributed by atoms with Gasteiger partial charge in [-0.05, 0) is 60.2 Å². The second-order valence-corrected chi connectivity index (χ2v) is 9.98. The zero-order valence-electron chi connectivity index (χ0n) is 21.0. The molecule has 0 atom stereocenters. The number of ether oxygens (including phenoxy) is 1. The average molecular weight is 482 g/mol. The number of nitrogens with one attached hydrogen (secondary N) is 2. The first-order valence-corrected chi connectivity index (χ1v) is 12.2. The second-order valence-electron chi connectivity index (χ2n) is 9.98. The number of nitriles is 1. The van der Waals surface area contributed by atoms with E-state index in [0.29, 0.717) is 49.4 Å². The van der Waals surface area contributed by atoms with Crippen molar-refractivity contribution in [2.24, 2.45) is 0 Å². The third kappa shape index (κ3) is 6.19. The molecule has 1 amide bonds. The number of anilines is 3. The normalized spacial score (nSPS) is 18.7. The van der Waals surface area contributed by atoms with E-state index in [4.69, 9.17) is 9.84 Å². The van der Waals surface area contributed by atoms with Crippen LogP contribution in [0.1, 0.15) is 56.8 Å². The maximum absolute atomic E-state index is 12.1. The van der Waals surface area contributed by atoms with E-state index in [0.717, 1.165) is 43.7 Å². The number of hydrogen-bond acceptors (Lipinski definition) is 9. The zero-order valence-corrected chi connectivity index (χ0v) is 21.0. The number of likely N-dealkylation sites (tertiary alicyclic amines) is 1. The Balaban J connectivity index is 1.34. The zero-order chi connectivity index (χ0) is 25.0. The quantitative estimate of drug-likeness (QED) is 0.546. The van der Waals surface area contributed by atoms with Crippen molar-refractivity contribution in [1.29, 1.82) is 5.26 Å². The van der Waals surface area contributed by atoms with Gasteiger partial charge in [0.1, 0.15) is 23.1 Å². The molecular formula is C24H35N9O2. The van der Waals surface area contributed by atoms with Crippen LogP contribution in [0.4, 0.5) is 22.2 Å². The molecule has 2 N–H and O–H groups in total. The summed E-state index contributed by atoms with van der Waals surface area (Å²) in [6.45, 7) is 9.77. The monoisotopic (exact) mass is 481 g/mol. The van der Waals surface area contributed by atoms with E-state index in [2.05, 4.69) is 38.6 Å². The number of aryl methyl sites for hydroxylation is 1. The topological polar surface area (TPSA) is 124 Å². The highest BCUT2D eigenvalue weighted by Gasteiger charge is 2.32. The Labute approximate surface area is 206 Å². The van der Waals surface area contributed by atoms with Crippen LogP contribution in [0.2, 0.25) is 0 Å². The molecule has 4 rings (SSSR count). The van der Waals surface area contributed by atoms with E-state index in [1.807, 2.05) is 31.6 Å². The predicted molar refractivity (Wildman–Crippen MR) is 133 cm³/mol. The molecule has 0 radical (unpaired) electrons. The van der Waals surface area contributed by atoms with E-state index in [1.54, 1.807) is 4.90 Å². The summed E-state index contributed by atoms with van der Waals surface area (Å²) in [5, 5.41) is 20.7. The van der Waals surface area contributed by atoms with Gasteiger partial charge in [0.05, 0.1) is 23.6 Å². The molecule has 2 aromatic rings. The first-order chi connectivity index (χ1) is 16.7. The number of rotatable bonds is 8. The summed E-state index contributed by atoms with van der Waals surface area (Å²) in [7, 11) is 2.15. The summed E-state index contributed by atoms with van der Waals surface area (Å²) in [6, 6.07) is 2.53. The highest BCUT2D eigenvalue weighted by molar-refractivity contribution is 5.69. The number of piperidine rings is 1. The van der Waals surface area contributed by atoms with Crippen molar-refractivity contribution in [2.45, 2.75) is 58.1 Å². The largest absolute Gasteiger partial charge is 0.443 e. The van der Waals surface area contributed by atoms with Gasteiger partial charge in [0.2, 0.25) is 5.95 Å². The molecule has 0 aromatic carbocycles. The Bertz CT molecular complexity index is 1080. The summed E-state index contributed by atoms with van der Waals surface area (Å²) >= 11 is 0. The molecule has 2 aliphatic heterocycles. The third-order valence-corrected chi connectivity index (χ3v) is 6.64. The fraction of sp³-hybridized carbons (Fsp3) is 0.625. The summed E-state index contributed by atoms with van der Waals surface area (Å²) in [6.07, 6.45) is 6.91. The molecule has 2 saturated heterocycles. The summed E-state index contributed by atoms with van der Waals surface area (Å²) in [5.74, 6) is 0.868. The lowest BCUT2D eigenvalue weighted by atomic mass is 10.0. The molecule has 0 saturated carbocycles. The highest BCUT2D eigenvalue weighted by atomic mass is 16.6. The number of hydrogen-bond donors (Lipinski definition) is 2. The smallest absolute Gasteiger partial charge is 0.410 e. The van der Waals surface area contributed by atoms with Crippen LogP contribution in [0, 0.1) is 18.3 Å². The molecule has 35 heavy (non-hydrogen) atoms. The molecule has 0 aliphatic carbocycles. The molecule has 0 unspecified atom stereocenters. The molecule has 2 aliphatic rings. The number of aromatic nitrogens is 4. The Morgan fingerprint density at radius 3 is 2.77 bits per heavy atom. The number of carbonyl (C=O) groups is 1. The van der Waals surface area contributed by atoms with Crippen LogP contribution in [-0.4, -0.2) is 81.0 Å². The van der Waals surface area contributed by atoms with E-state index < -0.39 is 5.60 Å². The molecule has 0 spiro atoms. The maximum atomic E-state index is 12.1. The molecule has 0 bridgehead atoms. The van der Waals surface area contributed by atoms with Gasteiger partial charge in [0.25, 0.3) is 0 Å². The summed E-state index contributed by atoms with van der Waals surface area (Å²) < 4.78 is 7.49. The number of cyclic esters (lactones) is 1. The number of amides is 1. The first-order valence-electron chi connectivity index (χ1n) is 12.2. The fourth-order valence-electron chi connectivity index (χ4n) is 4.36. The van der Waals surface area contributed by atoms with Crippen molar-refractivity contribution in [1.82, 2.24) is 29.5 Å². The Hall–Kier alpha value is -3.39. The van der Waals surface area contributed by atoms with Crippen LogP contribution in [0.15, 0.2) is 12.4 Å². The van der Waals surface area contributed by atoms with Crippen molar-refractivity contribution >= 4 is 23.5 Å². The third-order valence-electron chi connectivity index (χ3n) is 6.64. The standard InChI is InChI=1S/C24H35N9O2/c1-17-20(16-33(30-17)19-6-11-31(4)12-7-19)28-22-27-15-18(14-25)21(29-22)26-9-5-10-32-13-8-24(2,3)35-23(32)34/h15-16,19H,5-13H2,1-4H3,(H2,26,27,28,29). The van der Waals surface area contributed by atoms with Gasteiger partial charge >= 0.3 is 6.09 Å². The van der Waals surface area contributed by atoms with Crippen LogP contribution in [0.25, 0.3) is 0 Å². The van der Waals surface area contributed by atoms with Crippen LogP contribution >= 0.6 is 0 Å². The van der Waals surface area contributed by atoms with Gasteiger partial charge in [-0.2, -0.15) is 15.3 Å². The van der Waals surface area contributed by atoms with Crippen molar-refractivity contribution in [2.75, 3.05) is 50.4 Å². The van der Waals surface area contributed by atoms with Gasteiger partial charge < -0.3 is 25.2 Å². The Morgan fingerprint density at radius 2 is 2.06 bits per heavy atom. The maximum Gasteiger partial charge on any atom is 0.410 e. The Morgan fingerprint density at radius 1 is 1.29 bits per heavy atom. The van der Waals surface area contributed by atoms with Gasteiger partial charge in [-0.1, -0.05) is 0 Å². The molecule has 2 aromatic heterocycles. The molecule has 11 heteroatoms. The van der Waals surface area contributed by atoms with Crippen LogP contribution in [0.3, 0.4) is 0 Å². The lowest BCUT2D eigenvalue weighted by Gasteiger charge is -2.36. The molecule has 2 fully saturated rings. The summed E-state index contributed by atoms with van der Waals surface area (Å²) in [4.78, 5) is 25.0.